The maximum absolute atomic E-state index is 12.7. The fourth-order valence-corrected chi connectivity index (χ4v) is 1.03. The van der Waals surface area contributed by atoms with E-state index in [0.29, 0.717) is 0 Å². The zero-order valence-electron chi connectivity index (χ0n) is 9.81. The Kier molecular flexibility index (Phi) is 4.86. The van der Waals surface area contributed by atoms with Crippen molar-refractivity contribution in [2.24, 2.45) is 0 Å². The highest BCUT2D eigenvalue weighted by Crippen LogP contribution is 2.15. The maximum Gasteiger partial charge on any atom is 0.374 e. The highest BCUT2D eigenvalue weighted by atomic mass is 19.1. The molecule has 0 amide bonds. The van der Waals surface area contributed by atoms with E-state index in [1.807, 2.05) is 0 Å². The van der Waals surface area contributed by atoms with Crippen molar-refractivity contribution in [3.8, 4) is 5.75 Å². The number of methoxy groups -OCH3 is 2. The first-order valence-corrected chi connectivity index (χ1v) is 4.88. The summed E-state index contributed by atoms with van der Waals surface area (Å²) in [5, 5.41) is 0. The predicted molar refractivity (Wildman–Crippen MR) is 59.1 cm³/mol. The third-order valence-electron chi connectivity index (χ3n) is 1.88. The minimum Gasteiger partial charge on any atom is -0.466 e. The van der Waals surface area contributed by atoms with E-state index in [-0.39, 0.29) is 11.5 Å². The van der Waals surface area contributed by atoms with Crippen molar-refractivity contribution < 1.29 is 28.2 Å². The van der Waals surface area contributed by atoms with Crippen LogP contribution in [0.3, 0.4) is 0 Å². The Labute approximate surface area is 103 Å². The number of carbonyl (C=O) groups is 2. The number of rotatable bonds is 4. The van der Waals surface area contributed by atoms with Gasteiger partial charge in [-0.15, -0.1) is 0 Å². The van der Waals surface area contributed by atoms with Gasteiger partial charge in [-0.05, 0) is 24.3 Å². The molecule has 0 aliphatic heterocycles. The van der Waals surface area contributed by atoms with Crippen LogP contribution < -0.4 is 4.74 Å². The van der Waals surface area contributed by atoms with Crippen LogP contribution in [0, 0.1) is 5.82 Å². The minimum absolute atomic E-state index is 0.192. The van der Waals surface area contributed by atoms with Crippen LogP contribution in [-0.2, 0) is 19.1 Å². The standard InChI is InChI=1S/C12H11FO5/c1-16-11(14)7-10(12(15)17-2)18-9-5-3-8(13)4-6-9/h3-7H,1-2H3/b10-7-. The van der Waals surface area contributed by atoms with Gasteiger partial charge in [0.2, 0.25) is 5.76 Å². The molecule has 0 spiro atoms. The lowest BCUT2D eigenvalue weighted by molar-refractivity contribution is -0.140. The summed E-state index contributed by atoms with van der Waals surface area (Å²) in [5.74, 6) is -2.21. The molecule has 0 aromatic heterocycles. The average Bonchev–Trinajstić information content (AvgIpc) is 2.39. The lowest BCUT2D eigenvalue weighted by Crippen LogP contribution is -2.13. The summed E-state index contributed by atoms with van der Waals surface area (Å²) in [6.07, 6.45) is 0.842. The van der Waals surface area contributed by atoms with Crippen LogP contribution in [-0.4, -0.2) is 26.2 Å². The van der Waals surface area contributed by atoms with Crippen LogP contribution in [0.25, 0.3) is 0 Å². The number of ether oxygens (including phenoxy) is 3. The fraction of sp³-hybridized carbons (Fsp3) is 0.167. The molecule has 0 aliphatic carbocycles. The molecule has 1 aromatic carbocycles. The largest absolute Gasteiger partial charge is 0.466 e. The molecule has 0 heterocycles. The molecule has 0 saturated heterocycles. The highest BCUT2D eigenvalue weighted by molar-refractivity contribution is 5.95. The number of hydrogen-bond donors (Lipinski definition) is 0. The second-order valence-corrected chi connectivity index (χ2v) is 3.08. The summed E-state index contributed by atoms with van der Waals surface area (Å²) < 4.78 is 26.6. The summed E-state index contributed by atoms with van der Waals surface area (Å²) in [6, 6.07) is 4.93. The molecule has 18 heavy (non-hydrogen) atoms. The smallest absolute Gasteiger partial charge is 0.374 e. The van der Waals surface area contributed by atoms with Gasteiger partial charge in [-0.2, -0.15) is 0 Å². The van der Waals surface area contributed by atoms with Gasteiger partial charge in [-0.25, -0.2) is 14.0 Å². The van der Waals surface area contributed by atoms with E-state index in [2.05, 4.69) is 9.47 Å². The zero-order valence-corrected chi connectivity index (χ0v) is 9.81. The van der Waals surface area contributed by atoms with Crippen molar-refractivity contribution in [1.29, 1.82) is 0 Å². The van der Waals surface area contributed by atoms with E-state index in [1.54, 1.807) is 0 Å². The van der Waals surface area contributed by atoms with Gasteiger partial charge in [0.05, 0.1) is 20.3 Å². The molecule has 0 unspecified atom stereocenters. The average molecular weight is 254 g/mol. The molecule has 1 rings (SSSR count). The SMILES string of the molecule is COC(=O)/C=C(\Oc1ccc(F)cc1)C(=O)OC. The van der Waals surface area contributed by atoms with Crippen molar-refractivity contribution in [3.63, 3.8) is 0 Å². The van der Waals surface area contributed by atoms with Gasteiger partial charge in [-0.3, -0.25) is 0 Å². The Balaban J connectivity index is 2.91. The first-order valence-electron chi connectivity index (χ1n) is 4.88. The van der Waals surface area contributed by atoms with Gasteiger partial charge in [0, 0.05) is 0 Å². The van der Waals surface area contributed by atoms with Gasteiger partial charge in [0.1, 0.15) is 11.6 Å². The summed E-state index contributed by atoms with van der Waals surface area (Å²) in [7, 11) is 2.30. The van der Waals surface area contributed by atoms with Crippen molar-refractivity contribution >= 4 is 11.9 Å². The highest BCUT2D eigenvalue weighted by Gasteiger charge is 2.15. The summed E-state index contributed by atoms with van der Waals surface area (Å²) in [5.41, 5.74) is 0. The molecule has 0 saturated carbocycles. The quantitative estimate of drug-likeness (QED) is 0.462. The number of carbonyl (C=O) groups excluding carboxylic acids is 2. The van der Waals surface area contributed by atoms with Crippen LogP contribution in [0.2, 0.25) is 0 Å². The van der Waals surface area contributed by atoms with Crippen LogP contribution in [0.15, 0.2) is 36.1 Å². The second-order valence-electron chi connectivity index (χ2n) is 3.08. The van der Waals surface area contributed by atoms with Crippen molar-refractivity contribution in [3.05, 3.63) is 41.9 Å². The first-order chi connectivity index (χ1) is 8.56. The number of halogens is 1. The Hall–Kier alpha value is -2.37. The maximum atomic E-state index is 12.7. The Morgan fingerprint density at radius 2 is 1.72 bits per heavy atom. The molecular weight excluding hydrogens is 243 g/mol. The van der Waals surface area contributed by atoms with Crippen molar-refractivity contribution in [2.75, 3.05) is 14.2 Å². The molecular formula is C12H11FO5. The normalized spacial score (nSPS) is 10.7. The van der Waals surface area contributed by atoms with Crippen molar-refractivity contribution in [2.45, 2.75) is 0 Å². The van der Waals surface area contributed by atoms with E-state index >= 15 is 0 Å². The van der Waals surface area contributed by atoms with Crippen LogP contribution in [0.1, 0.15) is 0 Å². The topological polar surface area (TPSA) is 61.8 Å². The lowest BCUT2D eigenvalue weighted by Gasteiger charge is -2.07. The third-order valence-corrected chi connectivity index (χ3v) is 1.88. The number of hydrogen-bond acceptors (Lipinski definition) is 5. The number of esters is 2. The third kappa shape index (κ3) is 3.89. The zero-order chi connectivity index (χ0) is 13.5. The van der Waals surface area contributed by atoms with Gasteiger partial charge in [-0.1, -0.05) is 0 Å². The van der Waals surface area contributed by atoms with E-state index in [4.69, 9.17) is 4.74 Å². The molecule has 0 aliphatic rings. The molecule has 0 bridgehead atoms. The van der Waals surface area contributed by atoms with Crippen LogP contribution in [0.5, 0.6) is 5.75 Å². The summed E-state index contributed by atoms with van der Waals surface area (Å²) in [6.45, 7) is 0. The van der Waals surface area contributed by atoms with E-state index in [0.717, 1.165) is 32.4 Å². The lowest BCUT2D eigenvalue weighted by atomic mass is 10.3. The van der Waals surface area contributed by atoms with Gasteiger partial charge in [0.25, 0.3) is 0 Å². The molecule has 0 atom stereocenters. The second kappa shape index (κ2) is 6.39. The Morgan fingerprint density at radius 3 is 2.22 bits per heavy atom. The summed E-state index contributed by atoms with van der Waals surface area (Å²) in [4.78, 5) is 22.4. The molecule has 1 aromatic rings. The van der Waals surface area contributed by atoms with Crippen LogP contribution in [0.4, 0.5) is 4.39 Å². The predicted octanol–water partition coefficient (Wildman–Crippen LogP) is 1.43. The van der Waals surface area contributed by atoms with E-state index < -0.39 is 17.8 Å². The molecule has 0 radical (unpaired) electrons. The monoisotopic (exact) mass is 254 g/mol. The molecule has 96 valence electrons. The molecule has 5 nitrogen and oxygen atoms in total. The Morgan fingerprint density at radius 1 is 1.11 bits per heavy atom. The minimum atomic E-state index is -0.843. The van der Waals surface area contributed by atoms with Gasteiger partial charge < -0.3 is 14.2 Å². The first kappa shape index (κ1) is 13.7. The molecule has 6 heteroatoms. The number of benzene rings is 1. The van der Waals surface area contributed by atoms with Crippen LogP contribution >= 0.6 is 0 Å². The fourth-order valence-electron chi connectivity index (χ4n) is 1.03. The molecule has 0 N–H and O–H groups in total. The van der Waals surface area contributed by atoms with E-state index in [9.17, 15) is 14.0 Å². The molecule has 0 fully saturated rings. The van der Waals surface area contributed by atoms with Gasteiger partial charge >= 0.3 is 11.9 Å². The Bertz CT molecular complexity index is 464. The summed E-state index contributed by atoms with van der Waals surface area (Å²) >= 11 is 0. The van der Waals surface area contributed by atoms with Crippen molar-refractivity contribution in [1.82, 2.24) is 0 Å². The van der Waals surface area contributed by atoms with Gasteiger partial charge in [0.15, 0.2) is 0 Å². The van der Waals surface area contributed by atoms with E-state index in [1.165, 1.54) is 12.1 Å².